The summed E-state index contributed by atoms with van der Waals surface area (Å²) in [5.74, 6) is -0.280. The van der Waals surface area contributed by atoms with Gasteiger partial charge in [-0.15, -0.1) is 0 Å². The molecule has 114 valence electrons. The Kier molecular flexibility index (Phi) is 4.08. The molecule has 21 heavy (non-hydrogen) atoms. The van der Waals surface area contributed by atoms with Crippen LogP contribution >= 0.6 is 0 Å². The van der Waals surface area contributed by atoms with Gasteiger partial charge in [0, 0.05) is 24.2 Å². The molecule has 1 aromatic carbocycles. The molecule has 0 aliphatic carbocycles. The van der Waals surface area contributed by atoms with E-state index in [2.05, 4.69) is 5.32 Å². The van der Waals surface area contributed by atoms with Crippen LogP contribution in [0.1, 0.15) is 38.3 Å². The number of carbonyl (C=O) groups excluding carboxylic acids is 2. The number of aryl methyl sites for hydroxylation is 1. The fraction of sp³-hybridized carbons (Fsp3) is 0.529. The number of anilines is 1. The lowest BCUT2D eigenvalue weighted by Crippen LogP contribution is -2.44. The van der Waals surface area contributed by atoms with Gasteiger partial charge in [-0.1, -0.05) is 12.1 Å². The van der Waals surface area contributed by atoms with Gasteiger partial charge in [-0.2, -0.15) is 0 Å². The van der Waals surface area contributed by atoms with E-state index < -0.39 is 0 Å². The maximum atomic E-state index is 12.3. The zero-order chi connectivity index (χ0) is 15.8. The number of nitrogens with zero attached hydrogens (tertiary/aromatic N) is 1. The summed E-state index contributed by atoms with van der Waals surface area (Å²) in [5.41, 5.74) is 2.91. The Hall–Kier alpha value is -1.84. The summed E-state index contributed by atoms with van der Waals surface area (Å²) in [6.45, 7) is 10.4. The number of benzene rings is 1. The van der Waals surface area contributed by atoms with E-state index in [9.17, 15) is 9.59 Å². The Balaban J connectivity index is 2.17. The Labute approximate surface area is 126 Å². The number of amides is 2. The third-order valence-corrected chi connectivity index (χ3v) is 3.86. The van der Waals surface area contributed by atoms with E-state index in [1.54, 1.807) is 4.90 Å². The van der Waals surface area contributed by atoms with E-state index in [-0.39, 0.29) is 29.7 Å². The minimum Gasteiger partial charge on any atom is -0.351 e. The van der Waals surface area contributed by atoms with Crippen molar-refractivity contribution in [1.29, 1.82) is 0 Å². The molecular formula is C17H24N2O2. The lowest BCUT2D eigenvalue weighted by atomic mass is 10.0. The second kappa shape index (κ2) is 5.51. The van der Waals surface area contributed by atoms with Crippen LogP contribution < -0.4 is 10.2 Å². The summed E-state index contributed by atoms with van der Waals surface area (Å²) >= 11 is 0. The molecule has 0 saturated carbocycles. The second-order valence-corrected chi connectivity index (χ2v) is 6.86. The molecule has 4 nitrogen and oxygen atoms in total. The molecule has 1 aliphatic heterocycles. The summed E-state index contributed by atoms with van der Waals surface area (Å²) in [7, 11) is 0. The van der Waals surface area contributed by atoms with Crippen LogP contribution in [-0.2, 0) is 9.59 Å². The third kappa shape index (κ3) is 3.43. The van der Waals surface area contributed by atoms with Gasteiger partial charge in [0.15, 0.2) is 0 Å². The van der Waals surface area contributed by atoms with Crippen LogP contribution in [0.2, 0.25) is 0 Å². The van der Waals surface area contributed by atoms with Gasteiger partial charge in [0.25, 0.3) is 0 Å². The number of carbonyl (C=O) groups is 2. The fourth-order valence-electron chi connectivity index (χ4n) is 2.62. The van der Waals surface area contributed by atoms with Crippen LogP contribution in [0.5, 0.6) is 0 Å². The van der Waals surface area contributed by atoms with Crippen molar-refractivity contribution in [3.05, 3.63) is 29.3 Å². The molecule has 1 aromatic rings. The summed E-state index contributed by atoms with van der Waals surface area (Å²) in [5, 5.41) is 2.96. The Morgan fingerprint density at radius 3 is 2.57 bits per heavy atom. The highest BCUT2D eigenvalue weighted by Gasteiger charge is 2.36. The molecule has 2 amide bonds. The van der Waals surface area contributed by atoms with Crippen LogP contribution in [0.25, 0.3) is 0 Å². The van der Waals surface area contributed by atoms with Crippen LogP contribution in [0, 0.1) is 19.8 Å². The van der Waals surface area contributed by atoms with E-state index in [0.717, 1.165) is 16.8 Å². The molecule has 2 rings (SSSR count). The topological polar surface area (TPSA) is 49.4 Å². The van der Waals surface area contributed by atoms with E-state index in [4.69, 9.17) is 0 Å². The van der Waals surface area contributed by atoms with Crippen molar-refractivity contribution in [2.45, 2.75) is 46.6 Å². The first-order valence-electron chi connectivity index (χ1n) is 7.37. The average molecular weight is 288 g/mol. The molecule has 0 aromatic heterocycles. The molecule has 0 spiro atoms. The highest BCUT2D eigenvalue weighted by atomic mass is 16.2. The van der Waals surface area contributed by atoms with E-state index in [0.29, 0.717) is 6.54 Å². The van der Waals surface area contributed by atoms with Crippen molar-refractivity contribution < 1.29 is 9.59 Å². The van der Waals surface area contributed by atoms with Gasteiger partial charge in [0.05, 0.1) is 5.92 Å². The molecular weight excluding hydrogens is 264 g/mol. The lowest BCUT2D eigenvalue weighted by molar-refractivity contribution is -0.127. The molecule has 1 aliphatic rings. The highest BCUT2D eigenvalue weighted by Crippen LogP contribution is 2.29. The molecule has 1 N–H and O–H groups in total. The zero-order valence-electron chi connectivity index (χ0n) is 13.5. The van der Waals surface area contributed by atoms with Crippen LogP contribution in [0.4, 0.5) is 5.69 Å². The summed E-state index contributed by atoms with van der Waals surface area (Å²) in [4.78, 5) is 26.3. The number of hydrogen-bond donors (Lipinski definition) is 1. The first-order chi connectivity index (χ1) is 9.69. The van der Waals surface area contributed by atoms with Gasteiger partial charge >= 0.3 is 0 Å². The maximum Gasteiger partial charge on any atom is 0.227 e. The van der Waals surface area contributed by atoms with E-state index >= 15 is 0 Å². The van der Waals surface area contributed by atoms with E-state index in [1.807, 2.05) is 52.8 Å². The predicted molar refractivity (Wildman–Crippen MR) is 84.3 cm³/mol. The predicted octanol–water partition coefficient (Wildman–Crippen LogP) is 2.57. The van der Waals surface area contributed by atoms with Gasteiger partial charge in [-0.25, -0.2) is 0 Å². The van der Waals surface area contributed by atoms with Crippen molar-refractivity contribution in [2.24, 2.45) is 5.92 Å². The Morgan fingerprint density at radius 2 is 1.95 bits per heavy atom. The second-order valence-electron chi connectivity index (χ2n) is 6.86. The average Bonchev–Trinajstić information content (AvgIpc) is 2.73. The highest BCUT2D eigenvalue weighted by molar-refractivity contribution is 6.01. The standard InChI is InChI=1S/C17H24N2O2/c1-11-7-6-8-14(12(11)2)19-10-13(9-15(19)20)16(21)18-17(3,4)5/h6-8,13H,9-10H2,1-5H3,(H,18,21)/t13-/m0/s1. The minimum atomic E-state index is -0.271. The van der Waals surface area contributed by atoms with E-state index in [1.165, 1.54) is 0 Å². The molecule has 1 atom stereocenters. The van der Waals surface area contributed by atoms with Crippen LogP contribution in [-0.4, -0.2) is 23.9 Å². The summed E-state index contributed by atoms with van der Waals surface area (Å²) < 4.78 is 0. The molecule has 0 radical (unpaired) electrons. The largest absolute Gasteiger partial charge is 0.351 e. The maximum absolute atomic E-state index is 12.3. The number of hydrogen-bond acceptors (Lipinski definition) is 2. The Bertz CT molecular complexity index is 573. The lowest BCUT2D eigenvalue weighted by Gasteiger charge is -2.23. The van der Waals surface area contributed by atoms with Crippen LogP contribution in [0.15, 0.2) is 18.2 Å². The molecule has 4 heteroatoms. The number of nitrogens with one attached hydrogen (secondary N) is 1. The molecule has 0 unspecified atom stereocenters. The van der Waals surface area contributed by atoms with Crippen LogP contribution in [0.3, 0.4) is 0 Å². The molecule has 0 bridgehead atoms. The van der Waals surface area contributed by atoms with Gasteiger partial charge < -0.3 is 10.2 Å². The smallest absolute Gasteiger partial charge is 0.227 e. The van der Waals surface area contributed by atoms with Crippen molar-refractivity contribution in [2.75, 3.05) is 11.4 Å². The first-order valence-corrected chi connectivity index (χ1v) is 7.37. The summed E-state index contributed by atoms with van der Waals surface area (Å²) in [6.07, 6.45) is 0.287. The van der Waals surface area contributed by atoms with Crippen molar-refractivity contribution in [3.8, 4) is 0 Å². The molecule has 1 saturated heterocycles. The van der Waals surface area contributed by atoms with Crippen molar-refractivity contribution in [3.63, 3.8) is 0 Å². The SMILES string of the molecule is Cc1cccc(N2C[C@@H](C(=O)NC(C)(C)C)CC2=O)c1C. The molecule has 1 fully saturated rings. The number of rotatable bonds is 2. The van der Waals surface area contributed by atoms with Gasteiger partial charge in [-0.3, -0.25) is 9.59 Å². The fourth-order valence-corrected chi connectivity index (χ4v) is 2.62. The van der Waals surface area contributed by atoms with Gasteiger partial charge in [0.2, 0.25) is 11.8 Å². The van der Waals surface area contributed by atoms with Crippen molar-refractivity contribution in [1.82, 2.24) is 5.32 Å². The Morgan fingerprint density at radius 1 is 1.29 bits per heavy atom. The third-order valence-electron chi connectivity index (χ3n) is 3.86. The van der Waals surface area contributed by atoms with Gasteiger partial charge in [0.1, 0.15) is 0 Å². The normalized spacial score (nSPS) is 19.0. The first kappa shape index (κ1) is 15.5. The van der Waals surface area contributed by atoms with Gasteiger partial charge in [-0.05, 0) is 51.8 Å². The minimum absolute atomic E-state index is 0.0257. The molecule has 1 heterocycles. The monoisotopic (exact) mass is 288 g/mol. The summed E-state index contributed by atoms with van der Waals surface area (Å²) in [6, 6.07) is 5.93. The van der Waals surface area contributed by atoms with Crippen molar-refractivity contribution >= 4 is 17.5 Å². The quantitative estimate of drug-likeness (QED) is 0.909. The zero-order valence-corrected chi connectivity index (χ0v) is 13.5.